The zero-order valence-electron chi connectivity index (χ0n) is 13.9. The van der Waals surface area contributed by atoms with Crippen molar-refractivity contribution >= 4 is 23.1 Å². The predicted molar refractivity (Wildman–Crippen MR) is 98.5 cm³/mol. The van der Waals surface area contributed by atoms with Gasteiger partial charge in [-0.3, -0.25) is 0 Å². The Morgan fingerprint density at radius 1 is 0.773 bits per heavy atom. The van der Waals surface area contributed by atoms with Crippen LogP contribution in [0.5, 0.6) is 0 Å². The fraction of sp³-hybridized carbons (Fsp3) is 0.238. The van der Waals surface area contributed by atoms with Gasteiger partial charge < -0.3 is 0 Å². The monoisotopic (exact) mass is 349 g/mol. The summed E-state index contributed by atoms with van der Waals surface area (Å²) in [6.45, 7) is 9.17. The average Bonchev–Trinajstić information content (AvgIpc) is 2.73. The van der Waals surface area contributed by atoms with Crippen LogP contribution in [0.25, 0.3) is 0 Å². The van der Waals surface area contributed by atoms with Crippen LogP contribution in [-0.4, -0.2) is 14.3 Å². The molecule has 3 rings (SSSR count). The number of hydrogen-bond donors (Lipinski definition) is 0. The molecule has 1 radical (unpaired) electrons. The Bertz CT molecular complexity index is 686. The van der Waals surface area contributed by atoms with Crippen LogP contribution in [0.15, 0.2) is 77.4 Å². The Labute approximate surface area is 138 Å². The summed E-state index contributed by atoms with van der Waals surface area (Å²) in [7, 11) is 0. The number of benzene rings is 2. The van der Waals surface area contributed by atoms with E-state index in [1.54, 1.807) is 0 Å². The van der Waals surface area contributed by atoms with Crippen molar-refractivity contribution in [1.82, 2.24) is 0 Å². The van der Waals surface area contributed by atoms with Gasteiger partial charge in [0.2, 0.25) is 0 Å². The maximum absolute atomic E-state index is 3.85. The molecule has 1 heteroatoms. The molecule has 0 nitrogen and oxygen atoms in total. The molecule has 0 bridgehead atoms. The van der Waals surface area contributed by atoms with Crippen molar-refractivity contribution in [3.05, 3.63) is 83.5 Å². The summed E-state index contributed by atoms with van der Waals surface area (Å²) in [4.78, 5) is 0. The van der Waals surface area contributed by atoms with Gasteiger partial charge in [0.25, 0.3) is 0 Å². The summed E-state index contributed by atoms with van der Waals surface area (Å²) in [5.74, 6) is 0. The molecule has 1 unspecified atom stereocenters. The average molecular weight is 348 g/mol. The molecular formula is C21H23Ge. The predicted octanol–water partition coefficient (Wildman–Crippen LogP) is 3.89. The van der Waals surface area contributed by atoms with Crippen LogP contribution in [0.1, 0.15) is 27.7 Å². The normalized spacial score (nSPS) is 21.4. The molecule has 0 amide bonds. The molecule has 0 saturated heterocycles. The Morgan fingerprint density at radius 3 is 1.59 bits per heavy atom. The van der Waals surface area contributed by atoms with Gasteiger partial charge in [0, 0.05) is 0 Å². The molecule has 2 aromatic rings. The Morgan fingerprint density at radius 2 is 1.23 bits per heavy atom. The number of rotatable bonds is 3. The van der Waals surface area contributed by atoms with Gasteiger partial charge in [-0.25, -0.2) is 0 Å². The molecule has 1 atom stereocenters. The van der Waals surface area contributed by atoms with Crippen molar-refractivity contribution in [2.75, 3.05) is 0 Å². The molecule has 111 valence electrons. The van der Waals surface area contributed by atoms with Crippen LogP contribution < -0.4 is 8.79 Å². The second-order valence-electron chi connectivity index (χ2n) is 6.46. The first-order chi connectivity index (χ1) is 10.5. The first-order valence-electron chi connectivity index (χ1n) is 7.94. The Hall–Kier alpha value is -1.54. The second-order valence-corrected chi connectivity index (χ2v) is 13.5. The minimum atomic E-state index is -2.05. The Kier molecular flexibility index (Phi) is 4.14. The van der Waals surface area contributed by atoms with Crippen LogP contribution in [0.3, 0.4) is 0 Å². The third-order valence-corrected chi connectivity index (χ3v) is 13.2. The zero-order valence-corrected chi connectivity index (χ0v) is 16.3. The van der Waals surface area contributed by atoms with Crippen molar-refractivity contribution in [2.45, 2.75) is 31.9 Å². The molecule has 2 aromatic carbocycles. The first-order valence-corrected chi connectivity index (χ1v) is 11.6. The van der Waals surface area contributed by atoms with E-state index < -0.39 is 14.3 Å². The molecule has 1 aliphatic carbocycles. The van der Waals surface area contributed by atoms with Crippen molar-refractivity contribution in [1.29, 1.82) is 0 Å². The van der Waals surface area contributed by atoms with Crippen molar-refractivity contribution in [3.63, 3.8) is 0 Å². The molecule has 0 heterocycles. The van der Waals surface area contributed by atoms with E-state index in [9.17, 15) is 0 Å². The van der Waals surface area contributed by atoms with E-state index in [1.807, 2.05) is 0 Å². The summed E-state index contributed by atoms with van der Waals surface area (Å²) in [6.07, 6.45) is 3.85. The third kappa shape index (κ3) is 2.50. The number of allylic oxidation sites excluding steroid dienone is 4. The molecule has 0 saturated carbocycles. The van der Waals surface area contributed by atoms with E-state index in [2.05, 4.69) is 94.4 Å². The van der Waals surface area contributed by atoms with Crippen LogP contribution in [0.2, 0.25) is 4.25 Å². The molecule has 22 heavy (non-hydrogen) atoms. The SMILES string of the molecule is CC1=[C][C](C)([GeH]([c]2ccccc2)[c]2ccccc2)C(C)=C1C. The van der Waals surface area contributed by atoms with Crippen LogP contribution >= 0.6 is 0 Å². The standard InChI is InChI=1S/C21H23Ge/c1-16-15-21(4,18(3)17(16)2)22(19-11-7-5-8-12-19)20-13-9-6-10-14-20/h5-14,22H,1-4H3. The summed E-state index contributed by atoms with van der Waals surface area (Å²) in [6, 6.07) is 22.2. The molecule has 1 aliphatic rings. The van der Waals surface area contributed by atoms with E-state index in [1.165, 1.54) is 25.5 Å². The van der Waals surface area contributed by atoms with E-state index in [0.29, 0.717) is 0 Å². The van der Waals surface area contributed by atoms with Gasteiger partial charge in [-0.2, -0.15) is 0 Å². The van der Waals surface area contributed by atoms with Crippen molar-refractivity contribution < 1.29 is 0 Å². The topological polar surface area (TPSA) is 0 Å². The second kappa shape index (κ2) is 5.92. The zero-order chi connectivity index (χ0) is 15.7. The van der Waals surface area contributed by atoms with Gasteiger partial charge in [0.1, 0.15) is 0 Å². The Balaban J connectivity index is 2.20. The van der Waals surface area contributed by atoms with Gasteiger partial charge in [0.05, 0.1) is 0 Å². The summed E-state index contributed by atoms with van der Waals surface area (Å²) >= 11 is -2.05. The van der Waals surface area contributed by atoms with Gasteiger partial charge in [0.15, 0.2) is 0 Å². The fourth-order valence-corrected chi connectivity index (χ4v) is 12.0. The first kappa shape index (κ1) is 15.4. The number of hydrogen-bond acceptors (Lipinski definition) is 0. The van der Waals surface area contributed by atoms with Crippen LogP contribution in [0.4, 0.5) is 0 Å². The van der Waals surface area contributed by atoms with Crippen molar-refractivity contribution in [2.24, 2.45) is 0 Å². The summed E-state index contributed by atoms with van der Waals surface area (Å²) in [5.41, 5.74) is 4.29. The van der Waals surface area contributed by atoms with E-state index in [4.69, 9.17) is 0 Å². The summed E-state index contributed by atoms with van der Waals surface area (Å²) in [5, 5.41) is 0. The maximum atomic E-state index is 3.85. The third-order valence-electron chi connectivity index (χ3n) is 5.19. The minimum absolute atomic E-state index is 0.101. The van der Waals surface area contributed by atoms with Crippen molar-refractivity contribution in [3.8, 4) is 0 Å². The fourth-order valence-electron chi connectivity index (χ4n) is 3.69. The van der Waals surface area contributed by atoms with Gasteiger partial charge >= 0.3 is 139 Å². The van der Waals surface area contributed by atoms with Gasteiger partial charge in [-0.05, 0) is 0 Å². The van der Waals surface area contributed by atoms with Gasteiger partial charge in [-0.1, -0.05) is 0 Å². The molecule has 0 fully saturated rings. The van der Waals surface area contributed by atoms with Crippen LogP contribution in [0, 0.1) is 6.08 Å². The van der Waals surface area contributed by atoms with E-state index in [-0.39, 0.29) is 4.25 Å². The van der Waals surface area contributed by atoms with Crippen LogP contribution in [-0.2, 0) is 0 Å². The molecule has 0 spiro atoms. The van der Waals surface area contributed by atoms with Gasteiger partial charge in [-0.15, -0.1) is 0 Å². The summed E-state index contributed by atoms with van der Waals surface area (Å²) < 4.78 is 3.18. The van der Waals surface area contributed by atoms with E-state index >= 15 is 0 Å². The molecular weight excluding hydrogens is 325 g/mol. The van der Waals surface area contributed by atoms with E-state index in [0.717, 1.165) is 0 Å². The quantitative estimate of drug-likeness (QED) is 0.739. The molecule has 0 aliphatic heterocycles. The molecule has 0 aromatic heterocycles. The molecule has 0 N–H and O–H groups in total.